The van der Waals surface area contributed by atoms with E-state index in [-0.39, 0.29) is 24.3 Å². The number of nitrogens with two attached hydrogens (primary N) is 1. The maximum Gasteiger partial charge on any atom is 0.305 e. The molecule has 1 aromatic carbocycles. The number of halogens is 1. The molecule has 1 amide bonds. The van der Waals surface area contributed by atoms with Crippen molar-refractivity contribution >= 4 is 24.3 Å². The van der Waals surface area contributed by atoms with E-state index >= 15 is 0 Å². The number of benzene rings is 1. The highest BCUT2D eigenvalue weighted by Crippen LogP contribution is 2.03. The number of methoxy groups -OCH3 is 1. The number of unbranched alkanes of at least 4 members (excludes halogenated alkanes) is 2. The summed E-state index contributed by atoms with van der Waals surface area (Å²) in [5.41, 5.74) is 6.93. The topological polar surface area (TPSA) is 81.4 Å². The van der Waals surface area contributed by atoms with Crippen molar-refractivity contribution in [3.63, 3.8) is 0 Å². The molecule has 6 heteroatoms. The van der Waals surface area contributed by atoms with Crippen LogP contribution in [0, 0.1) is 0 Å². The third kappa shape index (κ3) is 8.64. The first-order chi connectivity index (χ1) is 10.1. The molecule has 1 atom stereocenters. The lowest BCUT2D eigenvalue weighted by molar-refractivity contribution is -0.140. The number of carbonyl (C=O) groups is 2. The molecule has 22 heavy (non-hydrogen) atoms. The highest BCUT2D eigenvalue weighted by Gasteiger charge is 2.13. The molecule has 1 unspecified atom stereocenters. The Labute approximate surface area is 138 Å². The lowest BCUT2D eigenvalue weighted by atomic mass is 10.1. The molecule has 0 aliphatic carbocycles. The van der Waals surface area contributed by atoms with Crippen LogP contribution >= 0.6 is 12.4 Å². The van der Waals surface area contributed by atoms with Gasteiger partial charge < -0.3 is 15.8 Å². The third-order valence-corrected chi connectivity index (χ3v) is 3.22. The lowest BCUT2D eigenvalue weighted by Crippen LogP contribution is -2.42. The van der Waals surface area contributed by atoms with Gasteiger partial charge in [0.05, 0.1) is 13.2 Å². The summed E-state index contributed by atoms with van der Waals surface area (Å²) in [4.78, 5) is 22.7. The van der Waals surface area contributed by atoms with Crippen molar-refractivity contribution in [1.29, 1.82) is 0 Å². The Hall–Kier alpha value is -1.59. The zero-order valence-electron chi connectivity index (χ0n) is 12.9. The van der Waals surface area contributed by atoms with Gasteiger partial charge in [0.25, 0.3) is 0 Å². The van der Waals surface area contributed by atoms with E-state index in [0.29, 0.717) is 19.4 Å². The minimum absolute atomic E-state index is 0. The predicted octanol–water partition coefficient (Wildman–Crippen LogP) is 1.83. The smallest absolute Gasteiger partial charge is 0.305 e. The Morgan fingerprint density at radius 1 is 1.18 bits per heavy atom. The molecule has 0 bridgehead atoms. The number of hydrogen-bond acceptors (Lipinski definition) is 4. The molecule has 0 aliphatic heterocycles. The van der Waals surface area contributed by atoms with Gasteiger partial charge in [0, 0.05) is 13.0 Å². The second-order valence-electron chi connectivity index (χ2n) is 4.97. The molecule has 0 aliphatic rings. The maximum atomic E-state index is 11.8. The van der Waals surface area contributed by atoms with Crippen molar-refractivity contribution in [1.82, 2.24) is 5.32 Å². The largest absolute Gasteiger partial charge is 0.469 e. The van der Waals surface area contributed by atoms with Crippen LogP contribution < -0.4 is 11.1 Å². The first-order valence-electron chi connectivity index (χ1n) is 7.27. The Morgan fingerprint density at radius 2 is 1.86 bits per heavy atom. The predicted molar refractivity (Wildman–Crippen MR) is 88.9 cm³/mol. The second kappa shape index (κ2) is 12.0. The third-order valence-electron chi connectivity index (χ3n) is 3.22. The molecule has 0 heterocycles. The quantitative estimate of drug-likeness (QED) is 0.535. The number of rotatable bonds is 9. The SMILES string of the molecule is COC(=O)CCCCCNC(=O)C(N)Cc1ccccc1.Cl. The van der Waals surface area contributed by atoms with E-state index in [1.165, 1.54) is 7.11 Å². The summed E-state index contributed by atoms with van der Waals surface area (Å²) in [6.07, 6.45) is 3.45. The van der Waals surface area contributed by atoms with Gasteiger partial charge in [0.15, 0.2) is 0 Å². The van der Waals surface area contributed by atoms with Gasteiger partial charge in [-0.2, -0.15) is 0 Å². The van der Waals surface area contributed by atoms with Crippen molar-refractivity contribution < 1.29 is 14.3 Å². The normalized spacial score (nSPS) is 11.2. The molecule has 1 rings (SSSR count). The zero-order chi connectivity index (χ0) is 15.5. The number of nitrogens with one attached hydrogen (secondary N) is 1. The van der Waals surface area contributed by atoms with E-state index in [4.69, 9.17) is 5.73 Å². The van der Waals surface area contributed by atoms with Crippen molar-refractivity contribution in [2.24, 2.45) is 5.73 Å². The first kappa shape index (κ1) is 20.4. The second-order valence-corrected chi connectivity index (χ2v) is 4.97. The molecule has 3 N–H and O–H groups in total. The van der Waals surface area contributed by atoms with Gasteiger partial charge in [-0.25, -0.2) is 0 Å². The van der Waals surface area contributed by atoms with Gasteiger partial charge >= 0.3 is 5.97 Å². The molecule has 1 aromatic rings. The van der Waals surface area contributed by atoms with Crippen LogP contribution in [0.25, 0.3) is 0 Å². The minimum Gasteiger partial charge on any atom is -0.469 e. The van der Waals surface area contributed by atoms with Gasteiger partial charge in [-0.05, 0) is 24.8 Å². The highest BCUT2D eigenvalue weighted by atomic mass is 35.5. The maximum absolute atomic E-state index is 11.8. The van der Waals surface area contributed by atoms with Crippen molar-refractivity contribution in [3.8, 4) is 0 Å². The standard InChI is InChI=1S/C16H24N2O3.ClH/c1-21-15(19)10-6-3-7-11-18-16(20)14(17)12-13-8-4-2-5-9-13;/h2,4-5,8-9,14H,3,6-7,10-12,17H2,1H3,(H,18,20);1H. The molecular weight excluding hydrogens is 304 g/mol. The van der Waals surface area contributed by atoms with Crippen molar-refractivity contribution in [2.45, 2.75) is 38.1 Å². The lowest BCUT2D eigenvalue weighted by Gasteiger charge is -2.12. The first-order valence-corrected chi connectivity index (χ1v) is 7.27. The molecule has 0 saturated carbocycles. The van der Waals surface area contributed by atoms with E-state index in [2.05, 4.69) is 10.1 Å². The van der Waals surface area contributed by atoms with Crippen LogP contribution in [-0.2, 0) is 20.7 Å². The minimum atomic E-state index is -0.525. The van der Waals surface area contributed by atoms with E-state index in [1.807, 2.05) is 30.3 Å². The zero-order valence-corrected chi connectivity index (χ0v) is 13.7. The molecule has 0 saturated heterocycles. The Morgan fingerprint density at radius 3 is 2.50 bits per heavy atom. The van der Waals surface area contributed by atoms with Gasteiger partial charge in [-0.3, -0.25) is 9.59 Å². The van der Waals surface area contributed by atoms with Crippen molar-refractivity contribution in [3.05, 3.63) is 35.9 Å². The summed E-state index contributed by atoms with van der Waals surface area (Å²) < 4.78 is 4.56. The number of ether oxygens (including phenoxy) is 1. The summed E-state index contributed by atoms with van der Waals surface area (Å²) in [5, 5.41) is 2.82. The van der Waals surface area contributed by atoms with Gasteiger partial charge in [-0.1, -0.05) is 36.8 Å². The fourth-order valence-corrected chi connectivity index (χ4v) is 1.98. The average Bonchev–Trinajstić information content (AvgIpc) is 2.51. The number of hydrogen-bond donors (Lipinski definition) is 2. The number of carbonyl (C=O) groups excluding carboxylic acids is 2. The molecule has 0 spiro atoms. The molecular formula is C16H25ClN2O3. The molecule has 0 radical (unpaired) electrons. The summed E-state index contributed by atoms with van der Waals surface area (Å²) in [6, 6.07) is 9.19. The Bertz CT molecular complexity index is 440. The average molecular weight is 329 g/mol. The van der Waals surface area contributed by atoms with E-state index in [9.17, 15) is 9.59 Å². The van der Waals surface area contributed by atoms with Crippen LogP contribution in [0.5, 0.6) is 0 Å². The van der Waals surface area contributed by atoms with Crippen molar-refractivity contribution in [2.75, 3.05) is 13.7 Å². The summed E-state index contributed by atoms with van der Waals surface area (Å²) in [6.45, 7) is 0.586. The number of esters is 1. The van der Waals surface area contributed by atoms with Gasteiger partial charge in [0.1, 0.15) is 0 Å². The van der Waals surface area contributed by atoms with Crippen LogP contribution in [0.4, 0.5) is 0 Å². The van der Waals surface area contributed by atoms with Crippen LogP contribution in [0.15, 0.2) is 30.3 Å². The van der Waals surface area contributed by atoms with Gasteiger partial charge in [-0.15, -0.1) is 12.4 Å². The van der Waals surface area contributed by atoms with Crippen LogP contribution in [-0.4, -0.2) is 31.6 Å². The van der Waals surface area contributed by atoms with Crippen LogP contribution in [0.3, 0.4) is 0 Å². The monoisotopic (exact) mass is 328 g/mol. The summed E-state index contributed by atoms with van der Waals surface area (Å²) in [7, 11) is 1.39. The summed E-state index contributed by atoms with van der Waals surface area (Å²) >= 11 is 0. The fourth-order valence-electron chi connectivity index (χ4n) is 1.98. The Balaban J connectivity index is 0.00000441. The summed E-state index contributed by atoms with van der Waals surface area (Å²) in [5.74, 6) is -0.323. The molecule has 0 aromatic heterocycles. The van der Waals surface area contributed by atoms with Crippen LogP contribution in [0.1, 0.15) is 31.2 Å². The molecule has 0 fully saturated rings. The molecule has 5 nitrogen and oxygen atoms in total. The number of amides is 1. The fraction of sp³-hybridized carbons (Fsp3) is 0.500. The van der Waals surface area contributed by atoms with E-state index in [1.54, 1.807) is 0 Å². The van der Waals surface area contributed by atoms with Gasteiger partial charge in [0.2, 0.25) is 5.91 Å². The van der Waals surface area contributed by atoms with Crippen LogP contribution in [0.2, 0.25) is 0 Å². The highest BCUT2D eigenvalue weighted by molar-refractivity contribution is 5.85. The molecule has 124 valence electrons. The van der Waals surface area contributed by atoms with E-state index < -0.39 is 6.04 Å². The van der Waals surface area contributed by atoms with E-state index in [0.717, 1.165) is 24.8 Å². The Kier molecular flexibility index (Phi) is 11.1.